The second-order valence-electron chi connectivity index (χ2n) is 8.01. The lowest BCUT2D eigenvalue weighted by Gasteiger charge is -2.33. The fourth-order valence-corrected chi connectivity index (χ4v) is 4.41. The van der Waals surface area contributed by atoms with E-state index in [9.17, 15) is 9.59 Å². The van der Waals surface area contributed by atoms with E-state index in [2.05, 4.69) is 16.4 Å². The molecule has 0 aliphatic carbocycles. The topological polar surface area (TPSA) is 52.7 Å². The van der Waals surface area contributed by atoms with Gasteiger partial charge in [-0.05, 0) is 56.8 Å². The first-order valence-electron chi connectivity index (χ1n) is 10.7. The van der Waals surface area contributed by atoms with Gasteiger partial charge in [-0.3, -0.25) is 24.9 Å². The maximum Gasteiger partial charge on any atom is 0.252 e. The zero-order valence-corrected chi connectivity index (χ0v) is 16.8. The van der Waals surface area contributed by atoms with Gasteiger partial charge >= 0.3 is 0 Å². The molecule has 1 fully saturated rings. The number of aryl methyl sites for hydroxylation is 1. The Balaban J connectivity index is 1.59. The fraction of sp³-hybridized carbons (Fsp3) is 0.417. The third-order valence-electron chi connectivity index (χ3n) is 5.91. The Morgan fingerprint density at radius 3 is 2.41 bits per heavy atom. The van der Waals surface area contributed by atoms with Crippen LogP contribution in [0, 0.1) is 0 Å². The highest BCUT2D eigenvalue weighted by atomic mass is 16.2. The van der Waals surface area contributed by atoms with E-state index in [0.717, 1.165) is 44.5 Å². The minimum Gasteiger partial charge on any atom is -0.294 e. The molecule has 2 aromatic carbocycles. The lowest BCUT2D eigenvalue weighted by molar-refractivity contribution is -0.122. The number of amides is 1. The monoisotopic (exact) mass is 391 g/mol. The van der Waals surface area contributed by atoms with Gasteiger partial charge < -0.3 is 0 Å². The Bertz CT molecular complexity index is 846. The van der Waals surface area contributed by atoms with Gasteiger partial charge in [0.25, 0.3) is 5.91 Å². The number of carbonyl (C=O) groups excluding carboxylic acids is 2. The van der Waals surface area contributed by atoms with E-state index in [1.54, 1.807) is 0 Å². The van der Waals surface area contributed by atoms with Crippen molar-refractivity contribution in [1.29, 1.82) is 0 Å². The largest absolute Gasteiger partial charge is 0.294 e. The summed E-state index contributed by atoms with van der Waals surface area (Å²) in [4.78, 5) is 28.4. The van der Waals surface area contributed by atoms with Crippen LogP contribution < -0.4 is 10.4 Å². The van der Waals surface area contributed by atoms with E-state index < -0.39 is 6.04 Å². The molecule has 1 unspecified atom stereocenters. The number of hydrogen-bond donors (Lipinski definition) is 1. The van der Waals surface area contributed by atoms with Gasteiger partial charge in [0.2, 0.25) is 0 Å². The normalized spacial score (nSPS) is 19.9. The van der Waals surface area contributed by atoms with Crippen LogP contribution in [-0.2, 0) is 11.2 Å². The highest BCUT2D eigenvalue weighted by molar-refractivity contribution is 6.02. The lowest BCUT2D eigenvalue weighted by atomic mass is 9.99. The number of hydrazine groups is 1. The smallest absolute Gasteiger partial charge is 0.252 e. The van der Waals surface area contributed by atoms with E-state index in [1.807, 2.05) is 53.5 Å². The standard InChI is InChI=1S/C24H29N3O2/c28-23(18-26-16-7-2-8-17-26)25-27-21-14-6-5-10-19(21)13-9-15-22(27)24(29)20-11-3-1-4-12-20/h1,3-6,10-12,14,22H,2,7-9,13,15-18H2,(H,25,28). The van der Waals surface area contributed by atoms with Crippen LogP contribution in [0.5, 0.6) is 0 Å². The first kappa shape index (κ1) is 19.6. The number of rotatable bonds is 5. The number of carbonyl (C=O) groups is 2. The van der Waals surface area contributed by atoms with Crippen molar-refractivity contribution in [1.82, 2.24) is 10.3 Å². The molecule has 5 heteroatoms. The zero-order valence-electron chi connectivity index (χ0n) is 16.8. The summed E-state index contributed by atoms with van der Waals surface area (Å²) in [7, 11) is 0. The molecule has 0 aromatic heterocycles. The van der Waals surface area contributed by atoms with Crippen LogP contribution in [0.4, 0.5) is 5.69 Å². The second kappa shape index (κ2) is 9.23. The Hall–Kier alpha value is -2.66. The molecule has 0 spiro atoms. The summed E-state index contributed by atoms with van der Waals surface area (Å²) in [6.45, 7) is 2.32. The molecule has 1 amide bonds. The van der Waals surface area contributed by atoms with Gasteiger partial charge in [0.1, 0.15) is 6.04 Å². The Morgan fingerprint density at radius 2 is 1.62 bits per heavy atom. The van der Waals surface area contributed by atoms with Gasteiger partial charge in [-0.2, -0.15) is 0 Å². The van der Waals surface area contributed by atoms with Crippen LogP contribution in [0.3, 0.4) is 0 Å². The number of ketones is 1. The second-order valence-corrected chi connectivity index (χ2v) is 8.01. The Morgan fingerprint density at radius 1 is 0.897 bits per heavy atom. The van der Waals surface area contributed by atoms with Crippen LogP contribution in [0.2, 0.25) is 0 Å². The average molecular weight is 392 g/mol. The molecule has 152 valence electrons. The maximum atomic E-state index is 13.3. The van der Waals surface area contributed by atoms with E-state index in [1.165, 1.54) is 12.0 Å². The summed E-state index contributed by atoms with van der Waals surface area (Å²) >= 11 is 0. The Labute approximate surface area is 172 Å². The van der Waals surface area contributed by atoms with E-state index in [-0.39, 0.29) is 11.7 Å². The first-order chi connectivity index (χ1) is 14.2. The van der Waals surface area contributed by atoms with Crippen LogP contribution in [0.25, 0.3) is 0 Å². The highest BCUT2D eigenvalue weighted by Crippen LogP contribution is 2.29. The third kappa shape index (κ3) is 4.67. The zero-order chi connectivity index (χ0) is 20.1. The summed E-state index contributed by atoms with van der Waals surface area (Å²) in [5.74, 6) is 0.00930. The first-order valence-corrected chi connectivity index (χ1v) is 10.7. The van der Waals surface area contributed by atoms with Gasteiger partial charge in [0.15, 0.2) is 5.78 Å². The molecule has 0 bridgehead atoms. The molecule has 4 rings (SSSR count). The number of anilines is 1. The number of para-hydroxylation sites is 1. The van der Waals surface area contributed by atoms with E-state index in [4.69, 9.17) is 0 Å². The summed E-state index contributed by atoms with van der Waals surface area (Å²) in [5.41, 5.74) is 5.89. The number of fused-ring (bicyclic) bond motifs is 1. The van der Waals surface area contributed by atoms with E-state index >= 15 is 0 Å². The third-order valence-corrected chi connectivity index (χ3v) is 5.91. The number of Topliss-reactive ketones (excluding diaryl/α,β-unsaturated/α-hetero) is 1. The molecular weight excluding hydrogens is 362 g/mol. The summed E-state index contributed by atoms with van der Waals surface area (Å²) in [5, 5.41) is 1.84. The summed E-state index contributed by atoms with van der Waals surface area (Å²) in [6, 6.07) is 17.1. The molecule has 2 aromatic rings. The van der Waals surface area contributed by atoms with Crippen molar-refractivity contribution < 1.29 is 9.59 Å². The van der Waals surface area contributed by atoms with Crippen molar-refractivity contribution in [3.63, 3.8) is 0 Å². The number of benzene rings is 2. The average Bonchev–Trinajstić information content (AvgIpc) is 2.94. The molecule has 1 saturated heterocycles. The van der Waals surface area contributed by atoms with Crippen LogP contribution in [-0.4, -0.2) is 42.3 Å². The number of hydrogen-bond acceptors (Lipinski definition) is 4. The molecule has 2 aliphatic rings. The molecular formula is C24H29N3O2. The van der Waals surface area contributed by atoms with Gasteiger partial charge in [-0.15, -0.1) is 0 Å². The van der Waals surface area contributed by atoms with Crippen molar-refractivity contribution in [3.8, 4) is 0 Å². The van der Waals surface area contributed by atoms with Crippen molar-refractivity contribution in [2.45, 2.75) is 44.6 Å². The Kier molecular flexibility index (Phi) is 6.25. The van der Waals surface area contributed by atoms with Gasteiger partial charge in [-0.25, -0.2) is 0 Å². The molecule has 5 nitrogen and oxygen atoms in total. The quantitative estimate of drug-likeness (QED) is 0.792. The molecule has 0 radical (unpaired) electrons. The number of likely N-dealkylation sites (tertiary alicyclic amines) is 1. The SMILES string of the molecule is O=C(CN1CCCCC1)NN1c2ccccc2CCCC1C(=O)c1ccccc1. The summed E-state index contributed by atoms with van der Waals surface area (Å²) in [6.07, 6.45) is 6.08. The highest BCUT2D eigenvalue weighted by Gasteiger charge is 2.32. The molecule has 2 aliphatic heterocycles. The number of piperidine rings is 1. The molecule has 1 N–H and O–H groups in total. The number of nitrogens with zero attached hydrogens (tertiary/aromatic N) is 2. The van der Waals surface area contributed by atoms with Crippen molar-refractivity contribution in [3.05, 3.63) is 65.7 Å². The molecule has 1 atom stereocenters. The van der Waals surface area contributed by atoms with Crippen LogP contribution in [0.1, 0.15) is 48.0 Å². The van der Waals surface area contributed by atoms with Crippen molar-refractivity contribution >= 4 is 17.4 Å². The maximum absolute atomic E-state index is 13.3. The van der Waals surface area contributed by atoms with Crippen molar-refractivity contribution in [2.75, 3.05) is 24.6 Å². The van der Waals surface area contributed by atoms with E-state index in [0.29, 0.717) is 18.5 Å². The van der Waals surface area contributed by atoms with Gasteiger partial charge in [-0.1, -0.05) is 55.0 Å². The predicted octanol–water partition coefficient (Wildman–Crippen LogP) is 3.60. The lowest BCUT2D eigenvalue weighted by Crippen LogP contribution is -2.54. The van der Waals surface area contributed by atoms with Crippen LogP contribution >= 0.6 is 0 Å². The van der Waals surface area contributed by atoms with Crippen LogP contribution in [0.15, 0.2) is 54.6 Å². The molecule has 0 saturated carbocycles. The predicted molar refractivity (Wildman–Crippen MR) is 115 cm³/mol. The van der Waals surface area contributed by atoms with Crippen molar-refractivity contribution in [2.24, 2.45) is 0 Å². The number of nitrogens with one attached hydrogen (secondary N) is 1. The summed E-state index contributed by atoms with van der Waals surface area (Å²) < 4.78 is 0. The fourth-order valence-electron chi connectivity index (χ4n) is 4.41. The minimum absolute atomic E-state index is 0.0468. The van der Waals surface area contributed by atoms with Gasteiger partial charge in [0.05, 0.1) is 12.2 Å². The minimum atomic E-state index is -0.397. The van der Waals surface area contributed by atoms with Gasteiger partial charge in [0, 0.05) is 5.56 Å². The molecule has 29 heavy (non-hydrogen) atoms. The molecule has 2 heterocycles.